The second-order valence-corrected chi connectivity index (χ2v) is 11.8. The van der Waals surface area contributed by atoms with E-state index in [4.69, 9.17) is 14.2 Å². The van der Waals surface area contributed by atoms with Crippen LogP contribution in [0.5, 0.6) is 0 Å². The minimum atomic E-state index is -1.79. The zero-order valence-corrected chi connectivity index (χ0v) is 22.7. The predicted octanol–water partition coefficient (Wildman–Crippen LogP) is 2.71. The second-order valence-electron chi connectivity index (χ2n) is 11.8. The van der Waals surface area contributed by atoms with Gasteiger partial charge < -0.3 is 14.2 Å². The summed E-state index contributed by atoms with van der Waals surface area (Å²) >= 11 is 0. The SMILES string of the molecule is N#C[C@@]1(n2ccc(=O)[nH]c2=O)C[C@H](COC(=O)C2CCCC2)C(OC(=O)C2CCCC2)C1OC(=O)C1CCCC1. The van der Waals surface area contributed by atoms with Crippen molar-refractivity contribution in [1.29, 1.82) is 5.26 Å². The molecule has 4 aliphatic carbocycles. The lowest BCUT2D eigenvalue weighted by molar-refractivity contribution is -0.178. The van der Waals surface area contributed by atoms with Crippen LogP contribution in [-0.2, 0) is 34.1 Å². The highest BCUT2D eigenvalue weighted by molar-refractivity contribution is 5.74. The Morgan fingerprint density at radius 2 is 1.40 bits per heavy atom. The Kier molecular flexibility index (Phi) is 8.43. The first kappa shape index (κ1) is 28.1. The van der Waals surface area contributed by atoms with E-state index in [0.717, 1.165) is 62.0 Å². The van der Waals surface area contributed by atoms with Crippen LogP contribution in [0.3, 0.4) is 0 Å². The van der Waals surface area contributed by atoms with E-state index >= 15 is 0 Å². The monoisotopic (exact) mass is 555 g/mol. The maximum atomic E-state index is 13.3. The number of nitrogens with one attached hydrogen (secondary N) is 1. The molecule has 0 aliphatic heterocycles. The quantitative estimate of drug-likeness (QED) is 0.376. The minimum Gasteiger partial charge on any atom is -0.465 e. The highest BCUT2D eigenvalue weighted by atomic mass is 16.6. The van der Waals surface area contributed by atoms with E-state index < -0.39 is 46.9 Å². The fourth-order valence-corrected chi connectivity index (χ4v) is 7.00. The molecule has 1 heterocycles. The zero-order chi connectivity index (χ0) is 28.3. The molecule has 4 fully saturated rings. The summed E-state index contributed by atoms with van der Waals surface area (Å²) in [6.45, 7) is -0.156. The van der Waals surface area contributed by atoms with E-state index in [2.05, 4.69) is 11.1 Å². The minimum absolute atomic E-state index is 0.0847. The second kappa shape index (κ2) is 12.0. The molecule has 4 saturated carbocycles. The third kappa shape index (κ3) is 5.58. The van der Waals surface area contributed by atoms with Gasteiger partial charge in [-0.3, -0.25) is 28.7 Å². The largest absolute Gasteiger partial charge is 0.465 e. The average molecular weight is 556 g/mol. The van der Waals surface area contributed by atoms with Crippen LogP contribution in [-0.4, -0.2) is 46.3 Å². The lowest BCUT2D eigenvalue weighted by Crippen LogP contribution is -2.52. The molecule has 0 radical (unpaired) electrons. The molecular weight excluding hydrogens is 518 g/mol. The van der Waals surface area contributed by atoms with Gasteiger partial charge in [-0.15, -0.1) is 0 Å². The van der Waals surface area contributed by atoms with Crippen LogP contribution in [0, 0.1) is 35.0 Å². The van der Waals surface area contributed by atoms with Gasteiger partial charge in [-0.2, -0.15) is 5.26 Å². The molecule has 0 amide bonds. The maximum Gasteiger partial charge on any atom is 0.329 e. The third-order valence-electron chi connectivity index (χ3n) is 9.26. The van der Waals surface area contributed by atoms with Gasteiger partial charge in [-0.1, -0.05) is 38.5 Å². The summed E-state index contributed by atoms with van der Waals surface area (Å²) in [5, 5.41) is 10.6. The number of carbonyl (C=O) groups is 3. The number of nitrogens with zero attached hydrogens (tertiary/aromatic N) is 2. The van der Waals surface area contributed by atoms with Crippen molar-refractivity contribution in [3.8, 4) is 6.07 Å². The van der Waals surface area contributed by atoms with Gasteiger partial charge in [0.1, 0.15) is 6.10 Å². The maximum absolute atomic E-state index is 13.3. The lowest BCUT2D eigenvalue weighted by atomic mass is 9.95. The number of esters is 3. The molecule has 1 aromatic rings. The summed E-state index contributed by atoms with van der Waals surface area (Å²) in [6, 6.07) is 3.29. The Morgan fingerprint density at radius 1 is 0.875 bits per heavy atom. The molecule has 0 spiro atoms. The molecule has 0 saturated heterocycles. The van der Waals surface area contributed by atoms with Crippen molar-refractivity contribution < 1.29 is 28.6 Å². The highest BCUT2D eigenvalue weighted by Gasteiger charge is 2.61. The molecule has 216 valence electrons. The fraction of sp³-hybridized carbons (Fsp3) is 0.724. The number of ether oxygens (including phenoxy) is 3. The number of aromatic nitrogens is 2. The van der Waals surface area contributed by atoms with Crippen LogP contribution in [0.2, 0.25) is 0 Å². The summed E-state index contributed by atoms with van der Waals surface area (Å²) in [5.41, 5.74) is -3.28. The van der Waals surface area contributed by atoms with Gasteiger partial charge in [-0.25, -0.2) is 4.79 Å². The van der Waals surface area contributed by atoms with Crippen molar-refractivity contribution in [1.82, 2.24) is 9.55 Å². The van der Waals surface area contributed by atoms with Crippen molar-refractivity contribution in [2.24, 2.45) is 23.7 Å². The van der Waals surface area contributed by atoms with Crippen LogP contribution in [0.1, 0.15) is 83.5 Å². The highest BCUT2D eigenvalue weighted by Crippen LogP contribution is 2.45. The Morgan fingerprint density at radius 3 is 1.93 bits per heavy atom. The molecule has 11 nitrogen and oxygen atoms in total. The van der Waals surface area contributed by atoms with Crippen LogP contribution < -0.4 is 11.2 Å². The van der Waals surface area contributed by atoms with Crippen molar-refractivity contribution in [2.45, 2.75) is 101 Å². The first-order valence-electron chi connectivity index (χ1n) is 14.6. The first-order valence-corrected chi connectivity index (χ1v) is 14.6. The van der Waals surface area contributed by atoms with E-state index in [9.17, 15) is 29.2 Å². The van der Waals surface area contributed by atoms with Crippen molar-refractivity contribution in [2.75, 3.05) is 6.61 Å². The van der Waals surface area contributed by atoms with Crippen LogP contribution >= 0.6 is 0 Å². The molecule has 2 unspecified atom stereocenters. The van der Waals surface area contributed by atoms with Crippen molar-refractivity contribution in [3.63, 3.8) is 0 Å². The zero-order valence-electron chi connectivity index (χ0n) is 22.7. The fourth-order valence-electron chi connectivity index (χ4n) is 7.00. The molecule has 0 bridgehead atoms. The molecule has 4 aliphatic rings. The molecule has 4 atom stereocenters. The van der Waals surface area contributed by atoms with E-state index in [0.29, 0.717) is 25.7 Å². The Hall–Kier alpha value is -3.42. The Labute approximate surface area is 232 Å². The first-order chi connectivity index (χ1) is 19.3. The van der Waals surface area contributed by atoms with Gasteiger partial charge in [0.25, 0.3) is 5.56 Å². The predicted molar refractivity (Wildman–Crippen MR) is 140 cm³/mol. The number of hydrogen-bond acceptors (Lipinski definition) is 9. The normalized spacial score (nSPS) is 29.3. The van der Waals surface area contributed by atoms with E-state index in [1.165, 1.54) is 6.20 Å². The number of hydrogen-bond donors (Lipinski definition) is 1. The third-order valence-corrected chi connectivity index (χ3v) is 9.26. The summed E-state index contributed by atoms with van der Waals surface area (Å²) in [7, 11) is 0. The molecule has 1 aromatic heterocycles. The van der Waals surface area contributed by atoms with Crippen LogP contribution in [0.15, 0.2) is 21.9 Å². The van der Waals surface area contributed by atoms with E-state index in [1.54, 1.807) is 0 Å². The summed E-state index contributed by atoms with van der Waals surface area (Å²) < 4.78 is 18.8. The number of aromatic amines is 1. The molecule has 11 heteroatoms. The van der Waals surface area contributed by atoms with Gasteiger partial charge >= 0.3 is 23.6 Å². The van der Waals surface area contributed by atoms with Gasteiger partial charge in [0.05, 0.1) is 30.4 Å². The van der Waals surface area contributed by atoms with Gasteiger partial charge in [0.15, 0.2) is 11.6 Å². The van der Waals surface area contributed by atoms with E-state index in [1.807, 2.05) is 0 Å². The Bertz CT molecular complexity index is 1260. The summed E-state index contributed by atoms with van der Waals surface area (Å²) in [4.78, 5) is 66.4. The van der Waals surface area contributed by atoms with Crippen molar-refractivity contribution in [3.05, 3.63) is 33.1 Å². The number of H-pyrrole nitrogens is 1. The number of nitriles is 1. The Balaban J connectivity index is 1.51. The molecular formula is C29H37N3O8. The number of rotatable bonds is 8. The molecule has 0 aromatic carbocycles. The average Bonchev–Trinajstić information content (AvgIpc) is 3.76. The number of carbonyl (C=O) groups excluding carboxylic acids is 3. The standard InChI is InChI=1S/C29H37N3O8/c30-17-29(32-14-13-22(33)31-28(32)37)15-21(16-38-25(34)18-7-1-2-8-18)23(39-26(35)19-9-3-4-10-19)24(29)40-27(36)20-11-5-6-12-20/h13-14,18-21,23-24H,1-12,15-16H2,(H,31,33,37)/t21-,23?,24?,29+/m1/s1. The molecule has 40 heavy (non-hydrogen) atoms. The van der Waals surface area contributed by atoms with Gasteiger partial charge in [0, 0.05) is 18.2 Å². The van der Waals surface area contributed by atoms with Gasteiger partial charge in [0.2, 0.25) is 0 Å². The topological polar surface area (TPSA) is 158 Å². The van der Waals surface area contributed by atoms with Gasteiger partial charge in [-0.05, 0) is 44.9 Å². The van der Waals surface area contributed by atoms with Crippen LogP contribution in [0.4, 0.5) is 0 Å². The lowest BCUT2D eigenvalue weighted by Gasteiger charge is -2.33. The summed E-state index contributed by atoms with van der Waals surface area (Å²) in [5.74, 6) is -2.86. The van der Waals surface area contributed by atoms with E-state index in [-0.39, 0.29) is 36.8 Å². The summed E-state index contributed by atoms with van der Waals surface area (Å²) in [6.07, 6.45) is 8.31. The molecule has 1 N–H and O–H groups in total. The van der Waals surface area contributed by atoms with Crippen LogP contribution in [0.25, 0.3) is 0 Å². The smallest absolute Gasteiger partial charge is 0.329 e. The van der Waals surface area contributed by atoms with Crippen molar-refractivity contribution >= 4 is 17.9 Å². The molecule has 5 rings (SSSR count).